The van der Waals surface area contributed by atoms with E-state index in [1.807, 2.05) is 98.4 Å². The smallest absolute Gasteiger partial charge is 0.354 e. The Morgan fingerprint density at radius 1 is 0.921 bits per heavy atom. The maximum atomic E-state index is 13.1. The summed E-state index contributed by atoms with van der Waals surface area (Å²) in [6.07, 6.45) is 9.16. The van der Waals surface area contributed by atoms with Gasteiger partial charge in [0.2, 0.25) is 5.91 Å². The number of halogens is 1. The number of carbonyl (C=O) groups is 4. The molecule has 0 aliphatic heterocycles. The van der Waals surface area contributed by atoms with Crippen LogP contribution in [0.4, 0.5) is 0 Å². The number of rotatable bonds is 10. The molecule has 3 atom stereocenters. The van der Waals surface area contributed by atoms with Gasteiger partial charge in [0, 0.05) is 76.0 Å². The van der Waals surface area contributed by atoms with E-state index in [1.165, 1.54) is 0 Å². The van der Waals surface area contributed by atoms with E-state index in [2.05, 4.69) is 47.6 Å². The number of hydrogen-bond acceptors (Lipinski definition) is 8. The van der Waals surface area contributed by atoms with E-state index in [0.717, 1.165) is 62.1 Å². The summed E-state index contributed by atoms with van der Waals surface area (Å²) >= 11 is 3.41. The Hall–Kier alpha value is -6.79. The molecule has 5 aromatic heterocycles. The number of H-pyrrole nitrogens is 1. The van der Waals surface area contributed by atoms with Crippen LogP contribution in [0.3, 0.4) is 0 Å². The van der Waals surface area contributed by atoms with Crippen molar-refractivity contribution in [2.24, 2.45) is 25.9 Å². The molecule has 4 N–H and O–H groups in total. The van der Waals surface area contributed by atoms with Gasteiger partial charge < -0.3 is 34.6 Å². The summed E-state index contributed by atoms with van der Waals surface area (Å²) in [6, 6.07) is 26.2. The first-order chi connectivity index (χ1) is 30.3. The summed E-state index contributed by atoms with van der Waals surface area (Å²) < 4.78 is 9.41. The third kappa shape index (κ3) is 11.2. The number of carboxylic acid groups (broad SMARTS) is 1. The summed E-state index contributed by atoms with van der Waals surface area (Å²) in [7, 11) is 3.56. The number of nitriles is 1. The first kappa shape index (κ1) is 45.7. The lowest BCUT2D eigenvalue weighted by Gasteiger charge is -2.31. The molecule has 1 fully saturated rings. The van der Waals surface area contributed by atoms with Gasteiger partial charge in [0.25, 0.3) is 5.91 Å². The molecule has 326 valence electrons. The monoisotopic (exact) mass is 914 g/mol. The van der Waals surface area contributed by atoms with E-state index in [9.17, 15) is 24.4 Å². The zero-order valence-corrected chi connectivity index (χ0v) is 37.5. The predicted octanol–water partition coefficient (Wildman–Crippen LogP) is 8.96. The molecule has 15 heteroatoms. The highest BCUT2D eigenvalue weighted by atomic mass is 79.9. The number of pyridine rings is 2. The third-order valence-electron chi connectivity index (χ3n) is 11.0. The van der Waals surface area contributed by atoms with Gasteiger partial charge in [-0.25, -0.2) is 14.6 Å². The second-order valence-corrected chi connectivity index (χ2v) is 16.8. The van der Waals surface area contributed by atoms with Crippen molar-refractivity contribution in [3.05, 3.63) is 119 Å². The molecule has 8 rings (SSSR count). The zero-order chi connectivity index (χ0) is 45.2. The lowest BCUT2D eigenvalue weighted by atomic mass is 9.83. The van der Waals surface area contributed by atoms with Gasteiger partial charge in [0.1, 0.15) is 28.8 Å². The Labute approximate surface area is 373 Å². The Morgan fingerprint density at radius 2 is 1.67 bits per heavy atom. The molecule has 1 aliphatic rings. The number of benzene rings is 2. The zero-order valence-electron chi connectivity index (χ0n) is 35.9. The topological polar surface area (TPSA) is 197 Å². The third-order valence-corrected chi connectivity index (χ3v) is 11.5. The maximum absolute atomic E-state index is 13.1. The Kier molecular flexibility index (Phi) is 15.1. The lowest BCUT2D eigenvalue weighted by Crippen LogP contribution is -2.50. The van der Waals surface area contributed by atoms with Gasteiger partial charge in [-0.15, -0.1) is 0 Å². The average molecular weight is 916 g/mol. The fraction of sp³-hybridized carbons (Fsp3) is 0.312. The molecule has 2 aromatic carbocycles. The molecule has 2 amide bonds. The molecular weight excluding hydrogens is 864 g/mol. The van der Waals surface area contributed by atoms with Crippen LogP contribution in [0.2, 0.25) is 0 Å². The molecule has 0 radical (unpaired) electrons. The second kappa shape index (κ2) is 20.9. The minimum absolute atomic E-state index is 0.144. The molecule has 0 spiro atoms. The van der Waals surface area contributed by atoms with Crippen molar-refractivity contribution in [1.29, 1.82) is 5.26 Å². The van der Waals surface area contributed by atoms with Gasteiger partial charge in [-0.3, -0.25) is 14.6 Å². The number of carboxylic acids is 1. The largest absolute Gasteiger partial charge is 0.477 e. The number of carbonyl (C=O) groups excluding carboxylic acids is 3. The van der Waals surface area contributed by atoms with Crippen molar-refractivity contribution in [1.82, 2.24) is 34.7 Å². The molecule has 0 saturated heterocycles. The van der Waals surface area contributed by atoms with Crippen LogP contribution in [0, 0.1) is 23.2 Å². The number of nitrogens with zero attached hydrogens (tertiary/aromatic N) is 5. The number of nitrogens with one attached hydrogen (secondary N) is 3. The number of esters is 1. The van der Waals surface area contributed by atoms with Gasteiger partial charge in [-0.1, -0.05) is 66.9 Å². The maximum Gasteiger partial charge on any atom is 0.354 e. The molecule has 1 aliphatic carbocycles. The van der Waals surface area contributed by atoms with Gasteiger partial charge >= 0.3 is 11.9 Å². The molecule has 0 bridgehead atoms. The van der Waals surface area contributed by atoms with E-state index in [4.69, 9.17) is 9.84 Å². The van der Waals surface area contributed by atoms with Crippen LogP contribution >= 0.6 is 15.9 Å². The van der Waals surface area contributed by atoms with Crippen molar-refractivity contribution in [3.8, 4) is 17.2 Å². The molecule has 5 heterocycles. The number of aromatic nitrogens is 5. The molecule has 63 heavy (non-hydrogen) atoms. The first-order valence-electron chi connectivity index (χ1n) is 20.9. The Bertz CT molecular complexity index is 2790. The van der Waals surface area contributed by atoms with Crippen LogP contribution in [-0.4, -0.2) is 71.6 Å². The van der Waals surface area contributed by atoms with Gasteiger partial charge in [0.15, 0.2) is 0 Å². The quantitative estimate of drug-likeness (QED) is 0.0968. The lowest BCUT2D eigenvalue weighted by molar-refractivity contribution is -0.127. The second-order valence-electron chi connectivity index (χ2n) is 15.8. The predicted molar refractivity (Wildman–Crippen MR) is 246 cm³/mol. The van der Waals surface area contributed by atoms with Crippen LogP contribution in [0.25, 0.3) is 44.0 Å². The first-order valence-corrected chi connectivity index (χ1v) is 21.7. The number of fused-ring (bicyclic) bond motifs is 3. The highest BCUT2D eigenvalue weighted by Crippen LogP contribution is 2.28. The SMILES string of the molecule is CC(C)C[C@@H](C#N)NC(=O)[C@@H]1CCCC[C@@H]1NC(=O)c1cc2ccc(-c3cccnc3)cc2[nH]1.CCOC(=O)c1cc2ccc(Br)cc2n1C.Cn1c(C(=O)O)cc2cccnc21. The van der Waals surface area contributed by atoms with Gasteiger partial charge in [-0.2, -0.15) is 5.26 Å². The Morgan fingerprint density at radius 3 is 2.37 bits per heavy atom. The highest BCUT2D eigenvalue weighted by molar-refractivity contribution is 9.10. The minimum atomic E-state index is -0.930. The summed E-state index contributed by atoms with van der Waals surface area (Å²) in [5, 5.41) is 27.0. The van der Waals surface area contributed by atoms with Crippen molar-refractivity contribution in [3.63, 3.8) is 0 Å². The number of aromatic amines is 1. The number of amides is 2. The van der Waals surface area contributed by atoms with Crippen LogP contribution in [0.15, 0.2) is 102 Å². The van der Waals surface area contributed by atoms with Gasteiger partial charge in [-0.05, 0) is 92.3 Å². The standard InChI is InChI=1S/C27H31N5O2.C12H12BrNO2.C9H8N2O2/c1-17(2)12-21(15-28)30-26(33)22-7-3-4-8-23(22)32-27(34)25-14-19-10-9-18(13-24(19)31-25)20-6-5-11-29-16-20;1-3-16-12(15)11-6-8-4-5-9(13)7-10(8)14(11)2;1-11-7(9(12)13)5-6-3-2-4-10-8(6)11/h5-6,9-11,13-14,16-17,21-23,31H,3-4,7-8,12H2,1-2H3,(H,30,33)(H,32,34);4-7H,3H2,1-2H3;2-5H,1H3,(H,12,13)/t21-,22+,23-;;/m0../s1. The van der Waals surface area contributed by atoms with Crippen molar-refractivity contribution >= 4 is 72.5 Å². The molecule has 14 nitrogen and oxygen atoms in total. The summed E-state index contributed by atoms with van der Waals surface area (Å²) in [5.41, 5.74) is 5.91. The fourth-order valence-corrected chi connectivity index (χ4v) is 8.14. The van der Waals surface area contributed by atoms with Crippen molar-refractivity contribution in [2.45, 2.75) is 65.0 Å². The molecule has 1 saturated carbocycles. The van der Waals surface area contributed by atoms with E-state index >= 15 is 0 Å². The average Bonchev–Trinajstić information content (AvgIpc) is 3.97. The molecular formula is C48H51BrN8O6. The number of aryl methyl sites for hydroxylation is 2. The molecule has 0 unspecified atom stereocenters. The minimum Gasteiger partial charge on any atom is -0.477 e. The normalized spacial score (nSPS) is 15.1. The number of aromatic carboxylic acids is 1. The van der Waals surface area contributed by atoms with Crippen LogP contribution in [0.1, 0.15) is 84.3 Å². The van der Waals surface area contributed by atoms with E-state index in [1.54, 1.807) is 43.1 Å². The van der Waals surface area contributed by atoms with E-state index in [-0.39, 0.29) is 35.4 Å². The van der Waals surface area contributed by atoms with Gasteiger partial charge in [0.05, 0.1) is 18.6 Å². The van der Waals surface area contributed by atoms with E-state index < -0.39 is 12.0 Å². The van der Waals surface area contributed by atoms with E-state index in [0.29, 0.717) is 42.4 Å². The number of ether oxygens (including phenoxy) is 1. The summed E-state index contributed by atoms with van der Waals surface area (Å²) in [4.78, 5) is 59.9. The van der Waals surface area contributed by atoms with Crippen LogP contribution < -0.4 is 10.6 Å². The summed E-state index contributed by atoms with van der Waals surface area (Å²) in [5.74, 6) is -1.59. The van der Waals surface area contributed by atoms with Crippen molar-refractivity contribution < 1.29 is 29.0 Å². The number of hydrogen-bond donors (Lipinski definition) is 4. The fourth-order valence-electron chi connectivity index (χ4n) is 7.79. The van der Waals surface area contributed by atoms with Crippen LogP contribution in [0.5, 0.6) is 0 Å². The van der Waals surface area contributed by atoms with Crippen LogP contribution in [-0.2, 0) is 23.6 Å². The summed E-state index contributed by atoms with van der Waals surface area (Å²) in [6.45, 7) is 6.25. The highest BCUT2D eigenvalue weighted by Gasteiger charge is 2.33. The molecule has 7 aromatic rings. The Balaban J connectivity index is 0.000000186. The van der Waals surface area contributed by atoms with Crippen molar-refractivity contribution in [2.75, 3.05) is 6.61 Å².